The summed E-state index contributed by atoms with van der Waals surface area (Å²) in [7, 11) is 0. The molecular weight excluding hydrogens is 270 g/mol. The molecule has 0 unspecified atom stereocenters. The molecule has 0 bridgehead atoms. The first-order valence-corrected chi connectivity index (χ1v) is 6.06. The van der Waals surface area contributed by atoms with Crippen LogP contribution in [-0.2, 0) is 11.3 Å². The van der Waals surface area contributed by atoms with Crippen LogP contribution in [0.5, 0.6) is 0 Å². The fourth-order valence-corrected chi connectivity index (χ4v) is 1.82. The molecule has 0 aliphatic heterocycles. The number of hydrogen-bond donors (Lipinski definition) is 2. The van der Waals surface area contributed by atoms with Crippen molar-refractivity contribution < 1.29 is 9.90 Å². The van der Waals surface area contributed by atoms with Crippen LogP contribution in [0.3, 0.4) is 0 Å². The molecule has 0 fully saturated rings. The number of carboxylic acids is 1. The summed E-state index contributed by atoms with van der Waals surface area (Å²) in [5, 5.41) is 9.27. The van der Waals surface area contributed by atoms with Gasteiger partial charge in [0, 0.05) is 6.54 Å². The van der Waals surface area contributed by atoms with E-state index in [9.17, 15) is 4.79 Å². The van der Waals surface area contributed by atoms with Crippen molar-refractivity contribution in [1.29, 1.82) is 0 Å². The van der Waals surface area contributed by atoms with E-state index in [0.717, 1.165) is 0 Å². The molecule has 2 heterocycles. The van der Waals surface area contributed by atoms with E-state index in [1.165, 1.54) is 0 Å². The minimum atomic E-state index is -0.843. The minimum Gasteiger partial charge on any atom is -0.481 e. The van der Waals surface area contributed by atoms with Gasteiger partial charge in [0.05, 0.1) is 11.7 Å². The van der Waals surface area contributed by atoms with E-state index < -0.39 is 11.4 Å². The lowest BCUT2D eigenvalue weighted by atomic mass is 9.90. The van der Waals surface area contributed by atoms with Crippen LogP contribution in [-0.4, -0.2) is 30.6 Å². The zero-order chi connectivity index (χ0) is 14.2. The number of imidazole rings is 1. The average Bonchev–Trinajstić information content (AvgIpc) is 2.69. The highest BCUT2D eigenvalue weighted by molar-refractivity contribution is 6.33. The van der Waals surface area contributed by atoms with Crippen LogP contribution in [0.15, 0.2) is 6.33 Å². The largest absolute Gasteiger partial charge is 0.481 e. The van der Waals surface area contributed by atoms with Gasteiger partial charge in [0.1, 0.15) is 5.52 Å². The minimum absolute atomic E-state index is 0.0664. The normalized spacial score (nSPS) is 11.9. The van der Waals surface area contributed by atoms with Crippen LogP contribution >= 0.6 is 11.6 Å². The molecule has 0 saturated carbocycles. The van der Waals surface area contributed by atoms with Crippen molar-refractivity contribution in [2.45, 2.75) is 26.8 Å². The van der Waals surface area contributed by atoms with E-state index in [1.807, 2.05) is 0 Å². The van der Waals surface area contributed by atoms with Crippen molar-refractivity contribution in [2.75, 3.05) is 5.73 Å². The maximum absolute atomic E-state index is 11.1. The molecule has 0 saturated heterocycles. The highest BCUT2D eigenvalue weighted by Gasteiger charge is 2.27. The molecule has 0 aromatic carbocycles. The number of anilines is 1. The van der Waals surface area contributed by atoms with Gasteiger partial charge in [-0.2, -0.15) is 9.97 Å². The predicted molar refractivity (Wildman–Crippen MR) is 70.8 cm³/mol. The first kappa shape index (κ1) is 13.5. The highest BCUT2D eigenvalue weighted by atomic mass is 35.5. The molecule has 2 aromatic rings. The number of aryl methyl sites for hydroxylation is 1. The number of carboxylic acid groups (broad SMARTS) is 1. The summed E-state index contributed by atoms with van der Waals surface area (Å²) in [6.07, 6.45) is 2.00. The summed E-state index contributed by atoms with van der Waals surface area (Å²) in [6, 6.07) is 0. The third-order valence-electron chi connectivity index (χ3n) is 3.00. The monoisotopic (exact) mass is 283 g/mol. The van der Waals surface area contributed by atoms with Crippen molar-refractivity contribution in [3.8, 4) is 0 Å². The molecule has 0 radical (unpaired) electrons. The zero-order valence-corrected chi connectivity index (χ0v) is 11.3. The molecule has 102 valence electrons. The van der Waals surface area contributed by atoms with E-state index in [-0.39, 0.29) is 11.1 Å². The van der Waals surface area contributed by atoms with Crippen LogP contribution < -0.4 is 5.73 Å². The second-order valence-electron chi connectivity index (χ2n) is 4.92. The second-order valence-corrected chi connectivity index (χ2v) is 5.28. The molecule has 0 aliphatic carbocycles. The quantitative estimate of drug-likeness (QED) is 0.825. The number of nitrogens with two attached hydrogens (primary N) is 1. The van der Waals surface area contributed by atoms with Crippen LogP contribution in [0.1, 0.15) is 20.3 Å². The number of aliphatic carboxylic acids is 1. The third-order valence-corrected chi connectivity index (χ3v) is 3.26. The lowest BCUT2D eigenvalue weighted by molar-refractivity contribution is -0.147. The van der Waals surface area contributed by atoms with E-state index in [2.05, 4.69) is 15.0 Å². The Hall–Kier alpha value is -1.89. The molecule has 0 atom stereocenters. The third kappa shape index (κ3) is 2.60. The van der Waals surface area contributed by atoms with E-state index in [0.29, 0.717) is 24.1 Å². The number of nitrogens with zero attached hydrogens (tertiary/aromatic N) is 4. The fraction of sp³-hybridized carbons (Fsp3) is 0.455. The van der Waals surface area contributed by atoms with Gasteiger partial charge in [-0.05, 0) is 20.3 Å². The number of nitrogen functional groups attached to an aromatic ring is 1. The summed E-state index contributed by atoms with van der Waals surface area (Å²) in [5.74, 6) is -0.777. The van der Waals surface area contributed by atoms with Gasteiger partial charge in [-0.1, -0.05) is 11.6 Å². The highest BCUT2D eigenvalue weighted by Crippen LogP contribution is 2.24. The molecule has 0 spiro atoms. The molecule has 3 N–H and O–H groups in total. The molecule has 0 aliphatic rings. The van der Waals surface area contributed by atoms with Crippen molar-refractivity contribution in [3.63, 3.8) is 0 Å². The van der Waals surface area contributed by atoms with E-state index in [1.54, 1.807) is 24.7 Å². The van der Waals surface area contributed by atoms with Gasteiger partial charge in [0.2, 0.25) is 5.95 Å². The lowest BCUT2D eigenvalue weighted by Gasteiger charge is -2.18. The smallest absolute Gasteiger partial charge is 0.309 e. The Kier molecular flexibility index (Phi) is 3.32. The molecule has 8 heteroatoms. The number of halogens is 1. The lowest BCUT2D eigenvalue weighted by Crippen LogP contribution is -2.25. The summed E-state index contributed by atoms with van der Waals surface area (Å²) in [5.41, 5.74) is 5.70. The van der Waals surface area contributed by atoms with Crippen LogP contribution in [0, 0.1) is 5.41 Å². The summed E-state index contributed by atoms with van der Waals surface area (Å²) < 4.78 is 1.73. The summed E-state index contributed by atoms with van der Waals surface area (Å²) >= 11 is 5.92. The summed E-state index contributed by atoms with van der Waals surface area (Å²) in [6.45, 7) is 3.80. The molecular formula is C11H14ClN5O2. The second kappa shape index (κ2) is 4.65. The fourth-order valence-electron chi connectivity index (χ4n) is 1.60. The Balaban J connectivity index is 2.30. The predicted octanol–water partition coefficient (Wildman–Crippen LogP) is 1.56. The summed E-state index contributed by atoms with van der Waals surface area (Å²) in [4.78, 5) is 23.1. The first-order valence-electron chi connectivity index (χ1n) is 5.68. The number of fused-ring (bicyclic) bond motifs is 1. The average molecular weight is 284 g/mol. The van der Waals surface area contributed by atoms with Gasteiger partial charge in [-0.15, -0.1) is 0 Å². The zero-order valence-electron chi connectivity index (χ0n) is 10.6. The Labute approximate surface area is 114 Å². The molecule has 2 aromatic heterocycles. The van der Waals surface area contributed by atoms with Crippen molar-refractivity contribution >= 4 is 34.7 Å². The van der Waals surface area contributed by atoms with Gasteiger partial charge < -0.3 is 15.4 Å². The maximum atomic E-state index is 11.1. The Morgan fingerprint density at radius 3 is 2.84 bits per heavy atom. The number of aromatic nitrogens is 4. The van der Waals surface area contributed by atoms with Gasteiger partial charge >= 0.3 is 5.97 Å². The van der Waals surface area contributed by atoms with Gasteiger partial charge in [-0.25, -0.2) is 4.98 Å². The Bertz CT molecular complexity index is 637. The van der Waals surface area contributed by atoms with Crippen molar-refractivity contribution in [3.05, 3.63) is 11.5 Å². The first-order chi connectivity index (χ1) is 8.81. The van der Waals surface area contributed by atoms with Gasteiger partial charge in [-0.3, -0.25) is 4.79 Å². The van der Waals surface area contributed by atoms with Crippen molar-refractivity contribution in [2.24, 2.45) is 5.41 Å². The van der Waals surface area contributed by atoms with Gasteiger partial charge in [0.25, 0.3) is 0 Å². The molecule has 0 amide bonds. The number of hydrogen-bond acceptors (Lipinski definition) is 5. The number of rotatable bonds is 4. The Morgan fingerprint density at radius 1 is 1.53 bits per heavy atom. The Morgan fingerprint density at radius 2 is 2.21 bits per heavy atom. The SMILES string of the molecule is CC(C)(CCn1cnc2c(Cl)nc(N)nc21)C(=O)O. The number of carbonyl (C=O) groups is 1. The van der Waals surface area contributed by atoms with Crippen LogP contribution in [0.2, 0.25) is 5.15 Å². The van der Waals surface area contributed by atoms with E-state index >= 15 is 0 Å². The van der Waals surface area contributed by atoms with Crippen molar-refractivity contribution in [1.82, 2.24) is 19.5 Å². The topological polar surface area (TPSA) is 107 Å². The molecule has 19 heavy (non-hydrogen) atoms. The van der Waals surface area contributed by atoms with Crippen LogP contribution in [0.25, 0.3) is 11.2 Å². The molecule has 7 nitrogen and oxygen atoms in total. The maximum Gasteiger partial charge on any atom is 0.309 e. The van der Waals surface area contributed by atoms with E-state index in [4.69, 9.17) is 22.4 Å². The standard InChI is InChI=1S/C11H14ClN5O2/c1-11(2,9(18)19)3-4-17-5-14-6-7(12)15-10(13)16-8(6)17/h5H,3-4H2,1-2H3,(H,18,19)(H2,13,15,16). The van der Waals surface area contributed by atoms with Gasteiger partial charge in [0.15, 0.2) is 10.8 Å². The molecule has 2 rings (SSSR count). The van der Waals surface area contributed by atoms with Crippen LogP contribution in [0.4, 0.5) is 5.95 Å².